The van der Waals surface area contributed by atoms with E-state index in [4.69, 9.17) is 4.98 Å². The van der Waals surface area contributed by atoms with Gasteiger partial charge in [-0.3, -0.25) is 0 Å². The molecule has 0 saturated heterocycles. The average molecular weight is 716 g/mol. The third kappa shape index (κ3) is 6.21. The average Bonchev–Trinajstić information content (AvgIpc) is 3.61. The zero-order valence-corrected chi connectivity index (χ0v) is 30.7. The SMILES string of the molecule is c1ccc(-c2cc(-c3ccccc3)nc(-c3ccc(-c4ccc(-n5c6ccccc6c6cc(N(c7ccccc7)c7ccccc7)ccc65)cc4)cc3)c2)cc1. The molecule has 0 bridgehead atoms. The Balaban J connectivity index is 0.993. The Hall–Kier alpha value is -7.49. The van der Waals surface area contributed by atoms with Crippen molar-refractivity contribution in [3.05, 3.63) is 224 Å². The summed E-state index contributed by atoms with van der Waals surface area (Å²) in [4.78, 5) is 7.46. The number of pyridine rings is 1. The summed E-state index contributed by atoms with van der Waals surface area (Å²) in [5, 5.41) is 2.44. The lowest BCUT2D eigenvalue weighted by atomic mass is 9.98. The molecule has 264 valence electrons. The summed E-state index contributed by atoms with van der Waals surface area (Å²) in [7, 11) is 0. The molecule has 0 saturated carbocycles. The number of anilines is 3. The maximum Gasteiger partial charge on any atom is 0.0715 e. The van der Waals surface area contributed by atoms with Gasteiger partial charge in [-0.05, 0) is 95.1 Å². The maximum atomic E-state index is 5.13. The molecule has 0 amide bonds. The fourth-order valence-corrected chi connectivity index (χ4v) is 7.85. The van der Waals surface area contributed by atoms with Gasteiger partial charge in [-0.15, -0.1) is 0 Å². The van der Waals surface area contributed by atoms with Gasteiger partial charge in [0.1, 0.15) is 0 Å². The van der Waals surface area contributed by atoms with E-state index in [1.54, 1.807) is 0 Å². The molecular formula is C53H37N3. The standard InChI is InChI=1S/C53H37N3/c1-5-15-38(16-6-1)43-35-50(41-17-7-2-8-18-41)54-51(36-43)42-27-25-39(26-28-42)40-29-31-46(32-30-40)56-52-24-14-13-23-48(52)49-37-47(33-34-53(49)56)55(44-19-9-3-10-20-44)45-21-11-4-12-22-45/h1-37H. The van der Waals surface area contributed by atoms with Gasteiger partial charge in [0.25, 0.3) is 0 Å². The van der Waals surface area contributed by atoms with E-state index < -0.39 is 0 Å². The smallest absolute Gasteiger partial charge is 0.0715 e. The molecule has 3 nitrogen and oxygen atoms in total. The Labute approximate surface area is 327 Å². The monoisotopic (exact) mass is 715 g/mol. The van der Waals surface area contributed by atoms with Crippen molar-refractivity contribution < 1.29 is 0 Å². The van der Waals surface area contributed by atoms with Crippen LogP contribution in [0.1, 0.15) is 0 Å². The van der Waals surface area contributed by atoms with Crippen molar-refractivity contribution in [2.75, 3.05) is 4.90 Å². The largest absolute Gasteiger partial charge is 0.310 e. The van der Waals surface area contributed by atoms with Crippen molar-refractivity contribution in [2.24, 2.45) is 0 Å². The fourth-order valence-electron chi connectivity index (χ4n) is 7.85. The Kier molecular flexibility index (Phi) is 8.51. The molecule has 56 heavy (non-hydrogen) atoms. The summed E-state index contributed by atoms with van der Waals surface area (Å²) in [5.41, 5.74) is 15.6. The first-order chi connectivity index (χ1) is 27.8. The number of hydrogen-bond acceptors (Lipinski definition) is 2. The summed E-state index contributed by atoms with van der Waals surface area (Å²) in [5.74, 6) is 0. The second-order valence-electron chi connectivity index (χ2n) is 14.0. The highest BCUT2D eigenvalue weighted by Crippen LogP contribution is 2.40. The fraction of sp³-hybridized carbons (Fsp3) is 0. The zero-order chi connectivity index (χ0) is 37.3. The van der Waals surface area contributed by atoms with E-state index in [0.29, 0.717) is 0 Å². The third-order valence-corrected chi connectivity index (χ3v) is 10.6. The predicted octanol–water partition coefficient (Wildman–Crippen LogP) is 14.3. The molecule has 8 aromatic carbocycles. The highest BCUT2D eigenvalue weighted by Gasteiger charge is 2.17. The second kappa shape index (κ2) is 14.4. The van der Waals surface area contributed by atoms with Gasteiger partial charge in [-0.2, -0.15) is 0 Å². The van der Waals surface area contributed by atoms with E-state index >= 15 is 0 Å². The van der Waals surface area contributed by atoms with Crippen molar-refractivity contribution in [2.45, 2.75) is 0 Å². The van der Waals surface area contributed by atoms with Crippen LogP contribution in [0.2, 0.25) is 0 Å². The van der Waals surface area contributed by atoms with Gasteiger partial charge >= 0.3 is 0 Å². The van der Waals surface area contributed by atoms with Crippen molar-refractivity contribution in [3.8, 4) is 50.5 Å². The molecule has 10 aromatic rings. The topological polar surface area (TPSA) is 21.1 Å². The number of fused-ring (bicyclic) bond motifs is 3. The van der Waals surface area contributed by atoms with Gasteiger partial charge in [-0.25, -0.2) is 4.98 Å². The van der Waals surface area contributed by atoms with Gasteiger partial charge in [0, 0.05) is 44.6 Å². The normalized spacial score (nSPS) is 11.2. The molecule has 0 aliphatic heterocycles. The van der Waals surface area contributed by atoms with Crippen LogP contribution in [-0.2, 0) is 0 Å². The third-order valence-electron chi connectivity index (χ3n) is 10.6. The Morgan fingerprint density at radius 1 is 0.304 bits per heavy atom. The molecule has 0 radical (unpaired) electrons. The molecule has 0 N–H and O–H groups in total. The van der Waals surface area contributed by atoms with Gasteiger partial charge in [0.15, 0.2) is 0 Å². The van der Waals surface area contributed by atoms with Crippen LogP contribution < -0.4 is 4.90 Å². The molecule has 0 aliphatic rings. The van der Waals surface area contributed by atoms with E-state index in [2.05, 4.69) is 228 Å². The van der Waals surface area contributed by atoms with E-state index in [1.165, 1.54) is 32.9 Å². The summed E-state index contributed by atoms with van der Waals surface area (Å²) >= 11 is 0. The minimum Gasteiger partial charge on any atom is -0.310 e. The van der Waals surface area contributed by atoms with Crippen molar-refractivity contribution in [1.82, 2.24) is 9.55 Å². The van der Waals surface area contributed by atoms with Crippen LogP contribution >= 0.6 is 0 Å². The van der Waals surface area contributed by atoms with Crippen molar-refractivity contribution in [1.29, 1.82) is 0 Å². The van der Waals surface area contributed by atoms with E-state index in [-0.39, 0.29) is 0 Å². The van der Waals surface area contributed by atoms with Crippen molar-refractivity contribution in [3.63, 3.8) is 0 Å². The molecule has 0 fully saturated rings. The lowest BCUT2D eigenvalue weighted by Crippen LogP contribution is -2.09. The lowest BCUT2D eigenvalue weighted by Gasteiger charge is -2.25. The minimum atomic E-state index is 0.956. The van der Waals surface area contributed by atoms with Crippen LogP contribution in [0.5, 0.6) is 0 Å². The number of para-hydroxylation sites is 3. The van der Waals surface area contributed by atoms with Crippen LogP contribution in [0, 0.1) is 0 Å². The van der Waals surface area contributed by atoms with E-state index in [0.717, 1.165) is 56.4 Å². The van der Waals surface area contributed by atoms with Gasteiger partial charge in [-0.1, -0.05) is 152 Å². The van der Waals surface area contributed by atoms with Gasteiger partial charge < -0.3 is 9.47 Å². The minimum absolute atomic E-state index is 0.956. The number of benzene rings is 8. The van der Waals surface area contributed by atoms with E-state index in [1.807, 2.05) is 6.07 Å². The predicted molar refractivity (Wildman–Crippen MR) is 235 cm³/mol. The van der Waals surface area contributed by atoms with Crippen LogP contribution in [0.25, 0.3) is 72.3 Å². The molecule has 3 heteroatoms. The highest BCUT2D eigenvalue weighted by atomic mass is 15.1. The summed E-state index contributed by atoms with van der Waals surface area (Å²) in [6, 6.07) is 79.8. The van der Waals surface area contributed by atoms with Crippen LogP contribution in [0.15, 0.2) is 224 Å². The molecular weight excluding hydrogens is 679 g/mol. The van der Waals surface area contributed by atoms with Crippen LogP contribution in [-0.4, -0.2) is 9.55 Å². The number of nitrogens with zero attached hydrogens (tertiary/aromatic N) is 3. The van der Waals surface area contributed by atoms with Gasteiger partial charge in [0.05, 0.1) is 22.4 Å². The number of rotatable bonds is 8. The number of aromatic nitrogens is 2. The highest BCUT2D eigenvalue weighted by molar-refractivity contribution is 6.10. The van der Waals surface area contributed by atoms with Crippen LogP contribution in [0.4, 0.5) is 17.1 Å². The molecule has 0 atom stereocenters. The van der Waals surface area contributed by atoms with Crippen molar-refractivity contribution >= 4 is 38.9 Å². The molecule has 0 unspecified atom stereocenters. The first kappa shape index (κ1) is 33.1. The first-order valence-corrected chi connectivity index (χ1v) is 19.0. The second-order valence-corrected chi connectivity index (χ2v) is 14.0. The molecule has 0 aliphatic carbocycles. The number of hydrogen-bond donors (Lipinski definition) is 0. The molecule has 10 rings (SSSR count). The Morgan fingerprint density at radius 3 is 1.36 bits per heavy atom. The first-order valence-electron chi connectivity index (χ1n) is 19.0. The van der Waals surface area contributed by atoms with E-state index in [9.17, 15) is 0 Å². The Bertz CT molecular complexity index is 2820. The van der Waals surface area contributed by atoms with Gasteiger partial charge in [0.2, 0.25) is 0 Å². The summed E-state index contributed by atoms with van der Waals surface area (Å²) < 4.78 is 2.38. The summed E-state index contributed by atoms with van der Waals surface area (Å²) in [6.07, 6.45) is 0. The molecule has 0 spiro atoms. The zero-order valence-electron chi connectivity index (χ0n) is 30.7. The Morgan fingerprint density at radius 2 is 0.750 bits per heavy atom. The van der Waals surface area contributed by atoms with Crippen LogP contribution in [0.3, 0.4) is 0 Å². The molecule has 2 aromatic heterocycles. The lowest BCUT2D eigenvalue weighted by molar-refractivity contribution is 1.18. The quantitative estimate of drug-likeness (QED) is 0.156. The maximum absolute atomic E-state index is 5.13. The molecule has 2 heterocycles. The summed E-state index contributed by atoms with van der Waals surface area (Å²) in [6.45, 7) is 0.